The highest BCUT2D eigenvalue weighted by atomic mass is 32.2. The summed E-state index contributed by atoms with van der Waals surface area (Å²) in [5.74, 6) is -3.30. The summed E-state index contributed by atoms with van der Waals surface area (Å²) in [6.45, 7) is 4.16. The number of sulfone groups is 2. The highest BCUT2D eigenvalue weighted by Gasteiger charge is 2.42. The second kappa shape index (κ2) is 19.0. The van der Waals surface area contributed by atoms with Gasteiger partial charge in [0.1, 0.15) is 27.7 Å². The molecule has 12 nitrogen and oxygen atoms in total. The van der Waals surface area contributed by atoms with Crippen molar-refractivity contribution in [1.82, 2.24) is 10.6 Å². The molecule has 1 aliphatic heterocycles. The molecule has 3 N–H and O–H groups in total. The van der Waals surface area contributed by atoms with Gasteiger partial charge in [-0.1, -0.05) is 88.1 Å². The number of amides is 2. The maximum Gasteiger partial charge on any atom is 0.326 e. The number of thioether (sulfide) groups is 1. The first kappa shape index (κ1) is 42.7. The van der Waals surface area contributed by atoms with Gasteiger partial charge in [0.05, 0.1) is 27.0 Å². The molecular weight excluding hydrogens is 751 g/mol. The largest absolute Gasteiger partial charge is 0.483 e. The second-order valence-corrected chi connectivity index (χ2v) is 18.9. The van der Waals surface area contributed by atoms with Crippen LogP contribution in [-0.4, -0.2) is 82.9 Å². The summed E-state index contributed by atoms with van der Waals surface area (Å²) in [6.07, 6.45) is 7.65. The lowest BCUT2D eigenvalue weighted by molar-refractivity contribution is -0.142. The molecule has 0 saturated carbocycles. The maximum atomic E-state index is 14.4. The van der Waals surface area contributed by atoms with E-state index in [1.807, 2.05) is 36.6 Å². The predicted octanol–water partition coefficient (Wildman–Crippen LogP) is 5.94. The number of benzene rings is 3. The number of carboxylic acids is 1. The molecule has 0 radical (unpaired) electrons. The van der Waals surface area contributed by atoms with Gasteiger partial charge in [-0.15, -0.1) is 11.8 Å². The molecule has 1 aliphatic rings. The number of nitrogens with zero attached hydrogens (tertiary/aromatic N) is 1. The van der Waals surface area contributed by atoms with E-state index in [0.29, 0.717) is 22.7 Å². The number of nitrogens with one attached hydrogen (secondary N) is 2. The van der Waals surface area contributed by atoms with Gasteiger partial charge in [0.15, 0.2) is 16.4 Å². The highest BCUT2D eigenvalue weighted by Crippen LogP contribution is 2.47. The molecule has 2 amide bonds. The number of fused-ring (bicyclic) bond motifs is 1. The Kier molecular flexibility index (Phi) is 15.0. The molecule has 0 saturated heterocycles. The Morgan fingerprint density at radius 1 is 0.963 bits per heavy atom. The van der Waals surface area contributed by atoms with Crippen LogP contribution in [0.15, 0.2) is 82.6 Å². The number of anilines is 2. The first-order valence-corrected chi connectivity index (χ1v) is 23.0. The third-order valence-electron chi connectivity index (χ3n) is 9.50. The van der Waals surface area contributed by atoms with Crippen molar-refractivity contribution >= 4 is 60.6 Å². The van der Waals surface area contributed by atoms with E-state index >= 15 is 0 Å². The summed E-state index contributed by atoms with van der Waals surface area (Å²) in [7, 11) is -7.35. The topological polar surface area (TPSA) is 176 Å². The molecule has 4 rings (SSSR count). The van der Waals surface area contributed by atoms with Crippen molar-refractivity contribution < 1.29 is 41.1 Å². The van der Waals surface area contributed by atoms with Crippen LogP contribution >= 0.6 is 11.8 Å². The third-order valence-corrected chi connectivity index (χ3v) is 13.2. The van der Waals surface area contributed by atoms with E-state index in [4.69, 9.17) is 4.74 Å². The lowest BCUT2D eigenvalue weighted by atomic mass is 9.79. The molecule has 0 spiro atoms. The smallest absolute Gasteiger partial charge is 0.326 e. The molecular formula is C39H51N3O9S3. The SMILES string of the molecule is CCCCC1(CCCC)CN(c2ccccc2)c2cc(SC)c(OCC(=O)N[C@@H](C(=O)N[C@@H](CCS(C)(=O)=O)C(=O)O)c3ccccc3)cc2S(=O)(=O)C1. The van der Waals surface area contributed by atoms with Crippen LogP contribution in [0.4, 0.5) is 11.4 Å². The second-order valence-electron chi connectivity index (χ2n) is 13.9. The fourth-order valence-corrected chi connectivity index (χ4v) is 10.0. The molecule has 0 aliphatic carbocycles. The predicted molar refractivity (Wildman–Crippen MR) is 212 cm³/mol. The van der Waals surface area contributed by atoms with Crippen LogP contribution in [0.25, 0.3) is 0 Å². The molecule has 2 atom stereocenters. The monoisotopic (exact) mass is 801 g/mol. The molecule has 54 heavy (non-hydrogen) atoms. The van der Waals surface area contributed by atoms with Gasteiger partial charge >= 0.3 is 5.97 Å². The van der Waals surface area contributed by atoms with Crippen LogP contribution in [0, 0.1) is 5.41 Å². The molecule has 0 bridgehead atoms. The van der Waals surface area contributed by atoms with Crippen LogP contribution in [0.5, 0.6) is 5.75 Å². The standard InChI is InChI=1S/C39H51N3O9S3/c1-5-7-20-39(21-8-6-2)26-42(29-17-13-10-14-18-29)31-23-33(52-3)32(24-34(31)54(49,50)27-39)51-25-35(43)41-36(28-15-11-9-12-16-28)37(44)40-30(38(45)46)19-22-53(4,47)48/h9-18,23-24,30,36H,5-8,19-22,25-27H2,1-4H3,(H,40,44)(H,41,43)(H,45,46)/t30-,36+/m0/s1. The number of unbranched alkanes of at least 4 members (excludes halogenated alkanes) is 2. The zero-order valence-corrected chi connectivity index (χ0v) is 33.7. The van der Waals surface area contributed by atoms with Crippen molar-refractivity contribution in [1.29, 1.82) is 0 Å². The minimum Gasteiger partial charge on any atom is -0.483 e. The molecule has 1 heterocycles. The van der Waals surface area contributed by atoms with E-state index in [9.17, 15) is 36.3 Å². The van der Waals surface area contributed by atoms with Gasteiger partial charge in [-0.25, -0.2) is 21.6 Å². The third kappa shape index (κ3) is 11.5. The lowest BCUT2D eigenvalue weighted by Crippen LogP contribution is -2.48. The normalized spacial score (nSPS) is 16.0. The zero-order valence-electron chi connectivity index (χ0n) is 31.2. The molecule has 0 fully saturated rings. The van der Waals surface area contributed by atoms with Crippen LogP contribution in [0.1, 0.15) is 70.4 Å². The van der Waals surface area contributed by atoms with Gasteiger partial charge < -0.3 is 25.4 Å². The zero-order chi connectivity index (χ0) is 39.5. The minimum absolute atomic E-state index is 0.0235. The summed E-state index contributed by atoms with van der Waals surface area (Å²) in [5, 5.41) is 14.6. The van der Waals surface area contributed by atoms with Crippen LogP contribution in [-0.2, 0) is 34.1 Å². The van der Waals surface area contributed by atoms with E-state index in [1.54, 1.807) is 36.4 Å². The average molecular weight is 802 g/mol. The van der Waals surface area contributed by atoms with Crippen molar-refractivity contribution in [2.24, 2.45) is 5.41 Å². The van der Waals surface area contributed by atoms with Gasteiger partial charge in [-0.05, 0) is 49.3 Å². The van der Waals surface area contributed by atoms with Crippen LogP contribution in [0.3, 0.4) is 0 Å². The first-order chi connectivity index (χ1) is 25.6. The molecule has 15 heteroatoms. The molecule has 0 unspecified atom stereocenters. The number of aliphatic carboxylic acids is 1. The Morgan fingerprint density at radius 2 is 1.57 bits per heavy atom. The molecule has 3 aromatic carbocycles. The lowest BCUT2D eigenvalue weighted by Gasteiger charge is -2.37. The summed E-state index contributed by atoms with van der Waals surface area (Å²) in [4.78, 5) is 41.6. The summed E-state index contributed by atoms with van der Waals surface area (Å²) < 4.78 is 58.2. The van der Waals surface area contributed by atoms with E-state index in [2.05, 4.69) is 29.4 Å². The fourth-order valence-electron chi connectivity index (χ4n) is 6.72. The van der Waals surface area contributed by atoms with Crippen molar-refractivity contribution in [3.8, 4) is 5.75 Å². The Morgan fingerprint density at radius 3 is 2.13 bits per heavy atom. The number of carbonyl (C=O) groups excluding carboxylic acids is 2. The molecule has 294 valence electrons. The number of rotatable bonds is 19. The van der Waals surface area contributed by atoms with Crippen LogP contribution in [0.2, 0.25) is 0 Å². The first-order valence-electron chi connectivity index (χ1n) is 18.1. The number of ether oxygens (including phenoxy) is 1. The van der Waals surface area contributed by atoms with Gasteiger partial charge in [0, 0.05) is 30.0 Å². The number of hydrogen-bond acceptors (Lipinski definition) is 10. The average Bonchev–Trinajstić information content (AvgIpc) is 3.23. The Labute approximate surface area is 323 Å². The van der Waals surface area contributed by atoms with Gasteiger partial charge in [-0.2, -0.15) is 0 Å². The minimum atomic E-state index is -3.84. The molecule has 3 aromatic rings. The number of para-hydroxylation sites is 1. The fraction of sp³-hybridized carbons (Fsp3) is 0.462. The van der Waals surface area contributed by atoms with E-state index in [1.165, 1.54) is 17.8 Å². The van der Waals surface area contributed by atoms with Crippen molar-refractivity contribution in [2.75, 3.05) is 42.1 Å². The Balaban J connectivity index is 1.65. The summed E-state index contributed by atoms with van der Waals surface area (Å²) >= 11 is 1.34. The van der Waals surface area contributed by atoms with Crippen molar-refractivity contribution in [3.63, 3.8) is 0 Å². The summed E-state index contributed by atoms with van der Waals surface area (Å²) in [5.41, 5.74) is 1.28. The number of hydrogen-bond donors (Lipinski definition) is 3. The number of carboxylic acid groups (broad SMARTS) is 1. The Hall–Kier alpha value is -4.08. The Bertz CT molecular complexity index is 1970. The quantitative estimate of drug-likeness (QED) is 0.122. The van der Waals surface area contributed by atoms with Crippen LogP contribution < -0.4 is 20.3 Å². The van der Waals surface area contributed by atoms with Crippen molar-refractivity contribution in [2.45, 2.75) is 80.7 Å². The van der Waals surface area contributed by atoms with Crippen molar-refractivity contribution in [3.05, 3.63) is 78.4 Å². The van der Waals surface area contributed by atoms with E-state index < -0.39 is 67.3 Å². The highest BCUT2D eigenvalue weighted by molar-refractivity contribution is 7.98. The number of carbonyl (C=O) groups is 3. The van der Waals surface area contributed by atoms with E-state index in [-0.39, 0.29) is 22.8 Å². The van der Waals surface area contributed by atoms with E-state index in [0.717, 1.165) is 50.5 Å². The molecule has 0 aromatic heterocycles. The van der Waals surface area contributed by atoms with Gasteiger partial charge in [-0.3, -0.25) is 9.59 Å². The van der Waals surface area contributed by atoms with Gasteiger partial charge in [0.25, 0.3) is 5.91 Å². The van der Waals surface area contributed by atoms with Gasteiger partial charge in [0.2, 0.25) is 5.91 Å². The summed E-state index contributed by atoms with van der Waals surface area (Å²) in [6, 6.07) is 18.3. The maximum absolute atomic E-state index is 14.4.